The summed E-state index contributed by atoms with van der Waals surface area (Å²) in [5.74, 6) is -1.28. The van der Waals surface area contributed by atoms with E-state index in [-0.39, 0.29) is 11.6 Å². The van der Waals surface area contributed by atoms with Gasteiger partial charge in [0.1, 0.15) is 18.1 Å². The van der Waals surface area contributed by atoms with Crippen molar-refractivity contribution in [1.82, 2.24) is 14.9 Å². The van der Waals surface area contributed by atoms with Crippen LogP contribution in [-0.4, -0.2) is 44.4 Å². The van der Waals surface area contributed by atoms with E-state index in [1.165, 1.54) is 11.2 Å². The lowest BCUT2D eigenvalue weighted by Crippen LogP contribution is -2.48. The van der Waals surface area contributed by atoms with Crippen molar-refractivity contribution >= 4 is 11.9 Å². The number of amides is 1. The molecule has 1 unspecified atom stereocenters. The summed E-state index contributed by atoms with van der Waals surface area (Å²) in [6.45, 7) is 2.24. The Hall–Kier alpha value is -1.98. The Balaban J connectivity index is 2.23. The molecule has 96 valence electrons. The molecule has 1 atom stereocenters. The predicted molar refractivity (Wildman–Crippen MR) is 63.1 cm³/mol. The number of carbonyl (C=O) groups is 2. The third-order valence-corrected chi connectivity index (χ3v) is 3.07. The molecule has 2 heterocycles. The molecule has 1 aliphatic rings. The van der Waals surface area contributed by atoms with Crippen molar-refractivity contribution in [2.24, 2.45) is 0 Å². The average molecular weight is 249 g/mol. The molecule has 1 saturated heterocycles. The molecule has 0 spiro atoms. The fourth-order valence-electron chi connectivity index (χ4n) is 2.15. The van der Waals surface area contributed by atoms with Crippen molar-refractivity contribution < 1.29 is 14.7 Å². The van der Waals surface area contributed by atoms with Gasteiger partial charge < -0.3 is 10.0 Å². The second-order valence-corrected chi connectivity index (χ2v) is 4.39. The van der Waals surface area contributed by atoms with Crippen molar-refractivity contribution in [3.63, 3.8) is 0 Å². The van der Waals surface area contributed by atoms with E-state index >= 15 is 0 Å². The summed E-state index contributed by atoms with van der Waals surface area (Å²) < 4.78 is 0. The summed E-state index contributed by atoms with van der Waals surface area (Å²) in [6, 6.07) is 0.845. The van der Waals surface area contributed by atoms with Gasteiger partial charge in [-0.05, 0) is 32.3 Å². The Morgan fingerprint density at radius 1 is 1.39 bits per heavy atom. The van der Waals surface area contributed by atoms with Crippen molar-refractivity contribution in [2.45, 2.75) is 32.2 Å². The minimum Gasteiger partial charge on any atom is -0.480 e. The molecule has 18 heavy (non-hydrogen) atoms. The van der Waals surface area contributed by atoms with Crippen LogP contribution in [0.15, 0.2) is 12.4 Å². The van der Waals surface area contributed by atoms with Crippen molar-refractivity contribution in [1.29, 1.82) is 0 Å². The third kappa shape index (κ3) is 2.47. The number of piperidine rings is 1. The largest absolute Gasteiger partial charge is 0.480 e. The van der Waals surface area contributed by atoms with Gasteiger partial charge in [0.15, 0.2) is 0 Å². The van der Waals surface area contributed by atoms with E-state index in [4.69, 9.17) is 5.11 Å². The number of nitrogens with zero attached hydrogens (tertiary/aromatic N) is 3. The molecule has 0 saturated carbocycles. The van der Waals surface area contributed by atoms with Gasteiger partial charge in [-0.1, -0.05) is 0 Å². The number of rotatable bonds is 2. The van der Waals surface area contributed by atoms with E-state index in [0.29, 0.717) is 18.7 Å². The van der Waals surface area contributed by atoms with Gasteiger partial charge in [0.05, 0.1) is 0 Å². The summed E-state index contributed by atoms with van der Waals surface area (Å²) in [5.41, 5.74) is 0.952. The summed E-state index contributed by atoms with van der Waals surface area (Å²) in [4.78, 5) is 32.6. The Bertz CT molecular complexity index is 475. The maximum atomic E-state index is 12.2. The average Bonchev–Trinajstić information content (AvgIpc) is 2.38. The highest BCUT2D eigenvalue weighted by Gasteiger charge is 2.32. The van der Waals surface area contributed by atoms with E-state index in [1.54, 1.807) is 13.0 Å². The fourth-order valence-corrected chi connectivity index (χ4v) is 2.15. The summed E-state index contributed by atoms with van der Waals surface area (Å²) >= 11 is 0. The van der Waals surface area contributed by atoms with Crippen LogP contribution in [0.1, 0.15) is 35.4 Å². The van der Waals surface area contributed by atoms with Crippen molar-refractivity contribution in [2.75, 3.05) is 6.54 Å². The van der Waals surface area contributed by atoms with E-state index in [9.17, 15) is 9.59 Å². The first-order valence-corrected chi connectivity index (χ1v) is 5.92. The molecule has 1 N–H and O–H groups in total. The molecule has 1 aromatic heterocycles. The smallest absolute Gasteiger partial charge is 0.326 e. The minimum absolute atomic E-state index is 0.260. The van der Waals surface area contributed by atoms with E-state index in [2.05, 4.69) is 9.97 Å². The first-order chi connectivity index (χ1) is 8.59. The summed E-state index contributed by atoms with van der Waals surface area (Å²) in [5, 5.41) is 9.13. The van der Waals surface area contributed by atoms with Crippen LogP contribution in [0.3, 0.4) is 0 Å². The highest BCUT2D eigenvalue weighted by molar-refractivity contribution is 5.95. The second kappa shape index (κ2) is 5.12. The summed E-state index contributed by atoms with van der Waals surface area (Å²) in [6.07, 6.45) is 3.50. The highest BCUT2D eigenvalue weighted by atomic mass is 16.4. The van der Waals surface area contributed by atoms with Crippen LogP contribution in [0, 0.1) is 6.92 Å². The lowest BCUT2D eigenvalue weighted by atomic mass is 10.0. The Morgan fingerprint density at radius 2 is 2.17 bits per heavy atom. The van der Waals surface area contributed by atoms with E-state index in [1.807, 2.05) is 0 Å². The lowest BCUT2D eigenvalue weighted by molar-refractivity contribution is -0.143. The van der Waals surface area contributed by atoms with E-state index in [0.717, 1.165) is 12.8 Å². The van der Waals surface area contributed by atoms with Crippen molar-refractivity contribution in [3.8, 4) is 0 Å². The van der Waals surface area contributed by atoms with Crippen LogP contribution >= 0.6 is 0 Å². The molecule has 0 aliphatic carbocycles. The number of aryl methyl sites for hydroxylation is 1. The monoisotopic (exact) mass is 249 g/mol. The molecule has 0 bridgehead atoms. The van der Waals surface area contributed by atoms with Gasteiger partial charge >= 0.3 is 5.97 Å². The van der Waals surface area contributed by atoms with Crippen LogP contribution in [-0.2, 0) is 4.79 Å². The van der Waals surface area contributed by atoms with Gasteiger partial charge in [-0.15, -0.1) is 0 Å². The summed E-state index contributed by atoms with van der Waals surface area (Å²) in [7, 11) is 0. The quantitative estimate of drug-likeness (QED) is 0.840. The molecule has 1 fully saturated rings. The zero-order valence-electron chi connectivity index (χ0n) is 10.2. The molecular formula is C12H15N3O3. The molecule has 1 amide bonds. The van der Waals surface area contributed by atoms with Gasteiger partial charge in [0.25, 0.3) is 5.91 Å². The lowest BCUT2D eigenvalue weighted by Gasteiger charge is -2.32. The number of aliphatic carboxylic acids is 1. The van der Waals surface area contributed by atoms with E-state index < -0.39 is 12.0 Å². The van der Waals surface area contributed by atoms with Crippen LogP contribution in [0.25, 0.3) is 0 Å². The van der Waals surface area contributed by atoms with Gasteiger partial charge in [-0.2, -0.15) is 0 Å². The first-order valence-electron chi connectivity index (χ1n) is 5.92. The van der Waals surface area contributed by atoms with Crippen LogP contribution < -0.4 is 0 Å². The Labute approximate surface area is 105 Å². The number of likely N-dealkylation sites (tertiary alicyclic amines) is 1. The minimum atomic E-state index is -0.950. The molecule has 2 rings (SSSR count). The Morgan fingerprint density at radius 3 is 2.83 bits per heavy atom. The number of hydrogen-bond donors (Lipinski definition) is 1. The standard InChI is InChI=1S/C12H15N3O3/c1-8-6-9(14-7-13-8)11(16)15-5-3-2-4-10(15)12(17)18/h6-7,10H,2-5H2,1H3,(H,17,18). The fraction of sp³-hybridized carbons (Fsp3) is 0.500. The van der Waals surface area contributed by atoms with Crippen LogP contribution in [0.2, 0.25) is 0 Å². The molecular weight excluding hydrogens is 234 g/mol. The number of hydrogen-bond acceptors (Lipinski definition) is 4. The van der Waals surface area contributed by atoms with Gasteiger partial charge in [0.2, 0.25) is 0 Å². The second-order valence-electron chi connectivity index (χ2n) is 4.39. The third-order valence-electron chi connectivity index (χ3n) is 3.07. The van der Waals surface area contributed by atoms with Gasteiger partial charge in [0, 0.05) is 12.2 Å². The maximum Gasteiger partial charge on any atom is 0.326 e. The zero-order chi connectivity index (χ0) is 13.1. The maximum absolute atomic E-state index is 12.2. The number of carboxylic acid groups (broad SMARTS) is 1. The van der Waals surface area contributed by atoms with Gasteiger partial charge in [-0.25, -0.2) is 14.8 Å². The molecule has 0 radical (unpaired) electrons. The number of carbonyl (C=O) groups excluding carboxylic acids is 1. The molecule has 0 aromatic carbocycles. The van der Waals surface area contributed by atoms with Crippen LogP contribution in [0.5, 0.6) is 0 Å². The number of aromatic nitrogens is 2. The highest BCUT2D eigenvalue weighted by Crippen LogP contribution is 2.19. The normalized spacial score (nSPS) is 19.6. The molecule has 1 aromatic rings. The Kier molecular flexibility index (Phi) is 3.55. The zero-order valence-corrected chi connectivity index (χ0v) is 10.2. The first kappa shape index (κ1) is 12.5. The van der Waals surface area contributed by atoms with Crippen LogP contribution in [0.4, 0.5) is 0 Å². The number of carboxylic acids is 1. The molecule has 1 aliphatic heterocycles. The molecule has 6 heteroatoms. The molecule has 6 nitrogen and oxygen atoms in total. The SMILES string of the molecule is Cc1cc(C(=O)N2CCCCC2C(=O)O)ncn1. The topological polar surface area (TPSA) is 83.4 Å². The van der Waals surface area contributed by atoms with Crippen molar-refractivity contribution in [3.05, 3.63) is 23.8 Å². The predicted octanol–water partition coefficient (Wildman–Crippen LogP) is 0.864. The van der Waals surface area contributed by atoms with Gasteiger partial charge in [-0.3, -0.25) is 4.79 Å².